The van der Waals surface area contributed by atoms with Gasteiger partial charge < -0.3 is 15.3 Å². The van der Waals surface area contributed by atoms with Crippen molar-refractivity contribution in [2.75, 3.05) is 32.7 Å². The maximum absolute atomic E-state index is 12.4. The van der Waals surface area contributed by atoms with Crippen molar-refractivity contribution in [2.24, 2.45) is 0 Å². The first-order valence-corrected chi connectivity index (χ1v) is 10.1. The molecular weight excluding hydrogens is 422 g/mol. The molecule has 1 fully saturated rings. The van der Waals surface area contributed by atoms with Gasteiger partial charge >= 0.3 is 0 Å². The van der Waals surface area contributed by atoms with Crippen molar-refractivity contribution >= 4 is 27.7 Å². The number of carbonyl (C=O) groups excluding carboxylic acids is 2. The van der Waals surface area contributed by atoms with E-state index in [1.807, 2.05) is 29.2 Å². The van der Waals surface area contributed by atoms with Crippen LogP contribution in [0.5, 0.6) is 5.75 Å². The minimum atomic E-state index is -0.170. The smallest absolute Gasteiger partial charge is 0.251 e. The number of amides is 2. The molecule has 7 heteroatoms. The number of hydrogen-bond donors (Lipinski definition) is 2. The lowest BCUT2D eigenvalue weighted by molar-refractivity contribution is -0.132. The molecule has 0 aliphatic carbocycles. The first kappa shape index (κ1) is 20.4. The third-order valence-electron chi connectivity index (χ3n) is 4.77. The molecule has 0 spiro atoms. The number of benzene rings is 2. The zero-order valence-corrected chi connectivity index (χ0v) is 17.2. The van der Waals surface area contributed by atoms with Gasteiger partial charge in [0, 0.05) is 55.7 Å². The molecule has 0 bridgehead atoms. The standard InChI is InChI=1S/C21H24BrN3O3/c22-18-6-4-17(5-7-18)21(28)23-9-8-20(27)25-12-10-24(11-13-25)15-16-2-1-3-19(26)14-16/h1-7,14,26H,8-13,15H2,(H,23,28). The Morgan fingerprint density at radius 3 is 2.43 bits per heavy atom. The summed E-state index contributed by atoms with van der Waals surface area (Å²) in [5, 5.41) is 12.4. The van der Waals surface area contributed by atoms with Gasteiger partial charge in [0.05, 0.1) is 0 Å². The lowest BCUT2D eigenvalue weighted by atomic mass is 10.2. The van der Waals surface area contributed by atoms with Crippen LogP contribution in [0.15, 0.2) is 53.0 Å². The number of aromatic hydroxyl groups is 1. The van der Waals surface area contributed by atoms with Crippen molar-refractivity contribution < 1.29 is 14.7 Å². The fourth-order valence-electron chi connectivity index (χ4n) is 3.21. The van der Waals surface area contributed by atoms with Crippen LogP contribution in [0.4, 0.5) is 0 Å². The van der Waals surface area contributed by atoms with Crippen molar-refractivity contribution in [1.82, 2.24) is 15.1 Å². The van der Waals surface area contributed by atoms with Gasteiger partial charge in [-0.25, -0.2) is 0 Å². The second-order valence-corrected chi connectivity index (χ2v) is 7.76. The number of hydrogen-bond acceptors (Lipinski definition) is 4. The van der Waals surface area contributed by atoms with E-state index < -0.39 is 0 Å². The van der Waals surface area contributed by atoms with Gasteiger partial charge in [-0.2, -0.15) is 0 Å². The summed E-state index contributed by atoms with van der Waals surface area (Å²) in [5.41, 5.74) is 1.65. The summed E-state index contributed by atoms with van der Waals surface area (Å²) in [6.07, 6.45) is 0.300. The number of nitrogens with zero attached hydrogens (tertiary/aromatic N) is 2. The van der Waals surface area contributed by atoms with Crippen molar-refractivity contribution in [3.05, 3.63) is 64.1 Å². The minimum absolute atomic E-state index is 0.0631. The summed E-state index contributed by atoms with van der Waals surface area (Å²) < 4.78 is 0.919. The van der Waals surface area contributed by atoms with Crippen LogP contribution in [0.1, 0.15) is 22.3 Å². The Morgan fingerprint density at radius 1 is 1.04 bits per heavy atom. The number of phenolic OH excluding ortho intramolecular Hbond substituents is 1. The highest BCUT2D eigenvalue weighted by atomic mass is 79.9. The zero-order valence-electron chi connectivity index (χ0n) is 15.6. The third kappa shape index (κ3) is 5.81. The van der Waals surface area contributed by atoms with E-state index >= 15 is 0 Å². The van der Waals surface area contributed by atoms with Crippen molar-refractivity contribution in [2.45, 2.75) is 13.0 Å². The van der Waals surface area contributed by atoms with Crippen LogP contribution in [-0.4, -0.2) is 59.4 Å². The van der Waals surface area contributed by atoms with Gasteiger partial charge in [0.15, 0.2) is 0 Å². The number of carbonyl (C=O) groups is 2. The molecule has 3 rings (SSSR count). The van der Waals surface area contributed by atoms with Gasteiger partial charge in [-0.05, 0) is 42.0 Å². The lowest BCUT2D eigenvalue weighted by Gasteiger charge is -2.34. The summed E-state index contributed by atoms with van der Waals surface area (Å²) in [6.45, 7) is 4.05. The van der Waals surface area contributed by atoms with E-state index in [0.29, 0.717) is 31.6 Å². The Labute approximate surface area is 173 Å². The first-order valence-electron chi connectivity index (χ1n) is 9.33. The molecule has 6 nitrogen and oxygen atoms in total. The molecular formula is C21H24BrN3O3. The fraction of sp³-hybridized carbons (Fsp3) is 0.333. The molecule has 2 amide bonds. The van der Waals surface area contributed by atoms with E-state index in [1.165, 1.54) is 0 Å². The molecule has 0 unspecified atom stereocenters. The average Bonchev–Trinajstić information content (AvgIpc) is 2.69. The Bertz CT molecular complexity index is 818. The van der Waals surface area contributed by atoms with Crippen LogP contribution in [0.25, 0.3) is 0 Å². The van der Waals surface area contributed by atoms with Crippen LogP contribution in [0, 0.1) is 0 Å². The summed E-state index contributed by atoms with van der Waals surface area (Å²) in [6, 6.07) is 14.4. The number of halogens is 1. The maximum Gasteiger partial charge on any atom is 0.251 e. The van der Waals surface area contributed by atoms with Gasteiger partial charge in [-0.3, -0.25) is 14.5 Å². The molecule has 1 heterocycles. The molecule has 28 heavy (non-hydrogen) atoms. The van der Waals surface area contributed by atoms with Crippen LogP contribution in [-0.2, 0) is 11.3 Å². The lowest BCUT2D eigenvalue weighted by Crippen LogP contribution is -2.48. The summed E-state index contributed by atoms with van der Waals surface area (Å²) in [5.74, 6) is 0.167. The maximum atomic E-state index is 12.4. The van der Waals surface area contributed by atoms with Gasteiger partial charge in [-0.1, -0.05) is 28.1 Å². The number of nitrogens with one attached hydrogen (secondary N) is 1. The summed E-state index contributed by atoms with van der Waals surface area (Å²) in [7, 11) is 0. The Morgan fingerprint density at radius 2 is 1.75 bits per heavy atom. The third-order valence-corrected chi connectivity index (χ3v) is 5.30. The Kier molecular flexibility index (Phi) is 7.06. The highest BCUT2D eigenvalue weighted by Crippen LogP contribution is 2.14. The molecule has 1 saturated heterocycles. The van der Waals surface area contributed by atoms with Crippen LogP contribution in [0.2, 0.25) is 0 Å². The molecule has 0 aromatic heterocycles. The number of phenols is 1. The normalized spacial score (nSPS) is 14.7. The van der Waals surface area contributed by atoms with E-state index in [2.05, 4.69) is 26.1 Å². The average molecular weight is 446 g/mol. The molecule has 0 radical (unpaired) electrons. The zero-order chi connectivity index (χ0) is 19.9. The van der Waals surface area contributed by atoms with Crippen molar-refractivity contribution in [1.29, 1.82) is 0 Å². The highest BCUT2D eigenvalue weighted by Gasteiger charge is 2.21. The molecule has 1 aliphatic rings. The van der Waals surface area contributed by atoms with Gasteiger partial charge in [0.1, 0.15) is 5.75 Å². The molecule has 0 saturated carbocycles. The fourth-order valence-corrected chi connectivity index (χ4v) is 3.48. The van der Waals surface area contributed by atoms with Crippen LogP contribution in [0.3, 0.4) is 0 Å². The predicted molar refractivity (Wildman–Crippen MR) is 111 cm³/mol. The molecule has 148 valence electrons. The number of piperazine rings is 1. The largest absolute Gasteiger partial charge is 0.508 e. The summed E-state index contributed by atoms with van der Waals surface area (Å²) >= 11 is 3.34. The highest BCUT2D eigenvalue weighted by molar-refractivity contribution is 9.10. The first-order chi connectivity index (χ1) is 13.5. The Balaban J connectivity index is 1.38. The predicted octanol–water partition coefficient (Wildman–Crippen LogP) is 2.62. The molecule has 2 N–H and O–H groups in total. The van der Waals surface area contributed by atoms with Crippen LogP contribution >= 0.6 is 15.9 Å². The van der Waals surface area contributed by atoms with E-state index in [9.17, 15) is 14.7 Å². The second kappa shape index (κ2) is 9.71. The van der Waals surface area contributed by atoms with E-state index in [-0.39, 0.29) is 17.6 Å². The van der Waals surface area contributed by atoms with Crippen LogP contribution < -0.4 is 5.32 Å². The SMILES string of the molecule is O=C(NCCC(=O)N1CCN(Cc2cccc(O)c2)CC1)c1ccc(Br)cc1. The van der Waals surface area contributed by atoms with Gasteiger partial charge in [0.25, 0.3) is 5.91 Å². The van der Waals surface area contributed by atoms with E-state index in [1.54, 1.807) is 24.3 Å². The van der Waals surface area contributed by atoms with Gasteiger partial charge in [0.2, 0.25) is 5.91 Å². The number of rotatable bonds is 6. The van der Waals surface area contributed by atoms with Crippen molar-refractivity contribution in [3.8, 4) is 5.75 Å². The van der Waals surface area contributed by atoms with E-state index in [4.69, 9.17) is 0 Å². The summed E-state index contributed by atoms with van der Waals surface area (Å²) in [4.78, 5) is 28.6. The van der Waals surface area contributed by atoms with Gasteiger partial charge in [-0.15, -0.1) is 0 Å². The van der Waals surface area contributed by atoms with E-state index in [0.717, 1.165) is 29.7 Å². The quantitative estimate of drug-likeness (QED) is 0.716. The topological polar surface area (TPSA) is 72.9 Å². The molecule has 0 atom stereocenters. The second-order valence-electron chi connectivity index (χ2n) is 6.84. The molecule has 2 aromatic carbocycles. The minimum Gasteiger partial charge on any atom is -0.508 e. The molecule has 2 aromatic rings. The van der Waals surface area contributed by atoms with Crippen molar-refractivity contribution in [3.63, 3.8) is 0 Å². The Hall–Kier alpha value is -2.38. The monoisotopic (exact) mass is 445 g/mol. The molecule has 1 aliphatic heterocycles.